The molecule has 0 saturated carbocycles. The number of nitriles is 2. The lowest BCUT2D eigenvalue weighted by Gasteiger charge is -2.09. The van der Waals surface area contributed by atoms with Crippen molar-refractivity contribution in [1.82, 2.24) is 0 Å². The fraction of sp³-hybridized carbons (Fsp3) is 0.211. The summed E-state index contributed by atoms with van der Waals surface area (Å²) >= 11 is 13.5. The fourth-order valence-corrected chi connectivity index (χ4v) is 4.48. The Kier molecular flexibility index (Phi) is 5.64. The second-order valence-corrected chi connectivity index (χ2v) is 7.68. The van der Waals surface area contributed by atoms with Gasteiger partial charge in [0, 0.05) is 4.88 Å². The Hall–Kier alpha value is -2.31. The highest BCUT2D eigenvalue weighted by molar-refractivity contribution is 7.16. The summed E-state index contributed by atoms with van der Waals surface area (Å²) in [5, 5.41) is 22.7. The Bertz CT molecular complexity index is 995. The van der Waals surface area contributed by atoms with Gasteiger partial charge in [-0.05, 0) is 49.0 Å². The zero-order valence-electron chi connectivity index (χ0n) is 13.6. The van der Waals surface area contributed by atoms with Crippen molar-refractivity contribution in [3.63, 3.8) is 0 Å². The molecule has 1 aliphatic rings. The largest absolute Gasteiger partial charge is 0.312 e. The molecular formula is C19H13Cl2N3OS. The van der Waals surface area contributed by atoms with E-state index in [0.29, 0.717) is 21.2 Å². The number of hydrogen-bond donors (Lipinski definition) is 1. The van der Waals surface area contributed by atoms with Gasteiger partial charge in [0.15, 0.2) is 0 Å². The number of amides is 1. The molecule has 0 aliphatic heterocycles. The maximum atomic E-state index is 12.5. The first-order valence-corrected chi connectivity index (χ1v) is 9.54. The second-order valence-electron chi connectivity index (χ2n) is 5.79. The van der Waals surface area contributed by atoms with Crippen LogP contribution in [0.15, 0.2) is 23.8 Å². The summed E-state index contributed by atoms with van der Waals surface area (Å²) in [5.41, 5.74) is 1.91. The molecule has 0 spiro atoms. The van der Waals surface area contributed by atoms with Crippen LogP contribution in [0.5, 0.6) is 0 Å². The third kappa shape index (κ3) is 3.61. The van der Waals surface area contributed by atoms with Crippen molar-refractivity contribution in [2.45, 2.75) is 25.7 Å². The molecule has 2 aromatic rings. The molecule has 4 nitrogen and oxygen atoms in total. The maximum Gasteiger partial charge on any atom is 0.266 e. The molecule has 0 fully saturated rings. The van der Waals surface area contributed by atoms with Crippen LogP contribution >= 0.6 is 34.5 Å². The molecule has 3 rings (SSSR count). The summed E-state index contributed by atoms with van der Waals surface area (Å²) in [6.45, 7) is 0. The van der Waals surface area contributed by atoms with Gasteiger partial charge >= 0.3 is 0 Å². The SMILES string of the molecule is N#CC(=Cc1cccc(Cl)c1Cl)C(=O)Nc1sc2c(c1C#N)CCCC2. The van der Waals surface area contributed by atoms with E-state index in [1.165, 1.54) is 17.4 Å². The van der Waals surface area contributed by atoms with E-state index in [9.17, 15) is 15.3 Å². The first-order chi connectivity index (χ1) is 12.5. The molecule has 26 heavy (non-hydrogen) atoms. The Morgan fingerprint density at radius 1 is 1.23 bits per heavy atom. The van der Waals surface area contributed by atoms with E-state index >= 15 is 0 Å². The molecule has 0 saturated heterocycles. The van der Waals surface area contributed by atoms with Gasteiger partial charge in [0.05, 0.1) is 15.6 Å². The highest BCUT2D eigenvalue weighted by atomic mass is 35.5. The number of hydrogen-bond acceptors (Lipinski definition) is 4. The Labute approximate surface area is 165 Å². The van der Waals surface area contributed by atoms with E-state index in [4.69, 9.17) is 23.2 Å². The number of thiophene rings is 1. The second kappa shape index (κ2) is 7.93. The average Bonchev–Trinajstić information content (AvgIpc) is 2.99. The zero-order valence-corrected chi connectivity index (χ0v) is 15.9. The van der Waals surface area contributed by atoms with E-state index in [-0.39, 0.29) is 10.6 Å². The van der Waals surface area contributed by atoms with Crippen LogP contribution < -0.4 is 5.32 Å². The first kappa shape index (κ1) is 18.5. The summed E-state index contributed by atoms with van der Waals surface area (Å²) in [7, 11) is 0. The Morgan fingerprint density at radius 3 is 2.73 bits per heavy atom. The summed E-state index contributed by atoms with van der Waals surface area (Å²) in [5.74, 6) is -0.571. The van der Waals surface area contributed by atoms with E-state index in [0.717, 1.165) is 36.1 Å². The van der Waals surface area contributed by atoms with Crippen molar-refractivity contribution in [3.8, 4) is 12.1 Å². The zero-order chi connectivity index (χ0) is 18.7. The molecule has 1 aromatic heterocycles. The van der Waals surface area contributed by atoms with Gasteiger partial charge in [0.2, 0.25) is 0 Å². The minimum atomic E-state index is -0.571. The third-order valence-electron chi connectivity index (χ3n) is 4.16. The van der Waals surface area contributed by atoms with Crippen LogP contribution in [-0.2, 0) is 17.6 Å². The van der Waals surface area contributed by atoms with Crippen molar-refractivity contribution < 1.29 is 4.79 Å². The number of nitrogens with zero attached hydrogens (tertiary/aromatic N) is 2. The van der Waals surface area contributed by atoms with Crippen LogP contribution in [0.3, 0.4) is 0 Å². The van der Waals surface area contributed by atoms with Gasteiger partial charge in [0.1, 0.15) is 22.7 Å². The van der Waals surface area contributed by atoms with Crippen molar-refractivity contribution >= 4 is 51.5 Å². The van der Waals surface area contributed by atoms with Gasteiger partial charge in [-0.3, -0.25) is 4.79 Å². The highest BCUT2D eigenvalue weighted by Gasteiger charge is 2.22. The molecule has 1 N–H and O–H groups in total. The Balaban J connectivity index is 1.91. The molecule has 7 heteroatoms. The van der Waals surface area contributed by atoms with E-state index in [1.54, 1.807) is 18.2 Å². The van der Waals surface area contributed by atoms with Gasteiger partial charge in [-0.25, -0.2) is 0 Å². The third-order valence-corrected chi connectivity index (χ3v) is 6.20. The van der Waals surface area contributed by atoms with Crippen LogP contribution in [0, 0.1) is 22.7 Å². The smallest absolute Gasteiger partial charge is 0.266 e. The molecule has 0 unspecified atom stereocenters. The monoisotopic (exact) mass is 401 g/mol. The number of benzene rings is 1. The Morgan fingerprint density at radius 2 is 2.00 bits per heavy atom. The number of nitrogens with one attached hydrogen (secondary N) is 1. The molecule has 1 aromatic carbocycles. The van der Waals surface area contributed by atoms with Crippen LogP contribution in [-0.4, -0.2) is 5.91 Å². The minimum Gasteiger partial charge on any atom is -0.312 e. The predicted molar refractivity (Wildman–Crippen MR) is 104 cm³/mol. The number of fused-ring (bicyclic) bond motifs is 1. The van der Waals surface area contributed by atoms with Crippen LogP contribution in [0.2, 0.25) is 10.0 Å². The molecule has 1 heterocycles. The summed E-state index contributed by atoms with van der Waals surface area (Å²) in [4.78, 5) is 13.7. The predicted octanol–water partition coefficient (Wildman–Crippen LogP) is 5.35. The van der Waals surface area contributed by atoms with E-state index in [1.807, 2.05) is 6.07 Å². The highest BCUT2D eigenvalue weighted by Crippen LogP contribution is 2.37. The molecule has 0 bridgehead atoms. The normalized spacial score (nSPS) is 13.5. The molecule has 1 amide bonds. The van der Waals surface area contributed by atoms with E-state index in [2.05, 4.69) is 11.4 Å². The lowest BCUT2D eigenvalue weighted by atomic mass is 9.96. The summed E-state index contributed by atoms with van der Waals surface area (Å²) in [6, 6.07) is 9.06. The average molecular weight is 402 g/mol. The van der Waals surface area contributed by atoms with Gasteiger partial charge in [-0.2, -0.15) is 10.5 Å². The quantitative estimate of drug-likeness (QED) is 0.555. The van der Waals surface area contributed by atoms with Crippen molar-refractivity contribution in [3.05, 3.63) is 55.4 Å². The van der Waals surface area contributed by atoms with Crippen LogP contribution in [0.25, 0.3) is 6.08 Å². The molecule has 1 aliphatic carbocycles. The van der Waals surface area contributed by atoms with Crippen molar-refractivity contribution in [2.75, 3.05) is 5.32 Å². The molecule has 0 radical (unpaired) electrons. The van der Waals surface area contributed by atoms with Gasteiger partial charge in [-0.15, -0.1) is 11.3 Å². The first-order valence-electron chi connectivity index (χ1n) is 7.97. The number of rotatable bonds is 3. The van der Waals surface area contributed by atoms with Gasteiger partial charge in [-0.1, -0.05) is 35.3 Å². The molecular weight excluding hydrogens is 389 g/mol. The number of anilines is 1. The number of halogens is 2. The number of carbonyl (C=O) groups is 1. The lowest BCUT2D eigenvalue weighted by Crippen LogP contribution is -2.13. The topological polar surface area (TPSA) is 76.7 Å². The lowest BCUT2D eigenvalue weighted by molar-refractivity contribution is -0.112. The van der Waals surface area contributed by atoms with Gasteiger partial charge in [0.25, 0.3) is 5.91 Å². The number of carbonyl (C=O) groups excluding carboxylic acids is 1. The van der Waals surface area contributed by atoms with Crippen LogP contribution in [0.4, 0.5) is 5.00 Å². The minimum absolute atomic E-state index is 0.107. The van der Waals surface area contributed by atoms with E-state index < -0.39 is 5.91 Å². The molecule has 130 valence electrons. The standard InChI is InChI=1S/C19H13Cl2N3OS/c20-15-6-3-4-11(17(15)21)8-12(9-22)18(25)24-19-14(10-23)13-5-1-2-7-16(13)26-19/h3-4,6,8H,1-2,5,7H2,(H,24,25). The van der Waals surface area contributed by atoms with Gasteiger partial charge < -0.3 is 5.32 Å². The van der Waals surface area contributed by atoms with Crippen molar-refractivity contribution in [2.24, 2.45) is 0 Å². The molecule has 0 atom stereocenters. The number of aryl methyl sites for hydroxylation is 1. The van der Waals surface area contributed by atoms with Crippen molar-refractivity contribution in [1.29, 1.82) is 10.5 Å². The van der Waals surface area contributed by atoms with Crippen LogP contribution in [0.1, 0.15) is 34.4 Å². The maximum absolute atomic E-state index is 12.5. The fourth-order valence-electron chi connectivity index (χ4n) is 2.88. The summed E-state index contributed by atoms with van der Waals surface area (Å²) < 4.78 is 0. The summed E-state index contributed by atoms with van der Waals surface area (Å²) in [6.07, 6.45) is 5.29.